The first kappa shape index (κ1) is 16.6. The smallest absolute Gasteiger partial charge is 0.325 e. The molecule has 0 rings (SSSR count). The third-order valence-corrected chi connectivity index (χ3v) is 1.35. The molecule has 90 valence electrons. The minimum absolute atomic E-state index is 0. The van der Waals surface area contributed by atoms with E-state index in [0.29, 0.717) is 0 Å². The van der Waals surface area contributed by atoms with E-state index in [9.17, 15) is 9.59 Å². The van der Waals surface area contributed by atoms with Gasteiger partial charge < -0.3 is 21.3 Å². The van der Waals surface area contributed by atoms with Crippen LogP contribution in [0.25, 0.3) is 0 Å². The first-order chi connectivity index (χ1) is 6.15. The molecule has 15 heavy (non-hydrogen) atoms. The Bertz CT molecular complexity index is 239. The number of carbonyl (C=O) groups excluding carboxylic acids is 1. The van der Waals surface area contributed by atoms with Crippen molar-refractivity contribution < 1.29 is 19.4 Å². The van der Waals surface area contributed by atoms with E-state index >= 15 is 0 Å². The lowest BCUT2D eigenvalue weighted by Gasteiger charge is -2.23. The van der Waals surface area contributed by atoms with Crippen LogP contribution in [0.2, 0.25) is 0 Å². The second-order valence-electron chi connectivity index (χ2n) is 3.92. The Kier molecular flexibility index (Phi) is 6.51. The van der Waals surface area contributed by atoms with Gasteiger partial charge in [0.25, 0.3) is 0 Å². The van der Waals surface area contributed by atoms with Crippen LogP contribution in [0.5, 0.6) is 0 Å². The summed E-state index contributed by atoms with van der Waals surface area (Å²) in [5, 5.41) is 8.49. The number of carboxylic acid groups (broad SMARTS) is 1. The number of esters is 1. The van der Waals surface area contributed by atoms with E-state index in [1.165, 1.54) is 0 Å². The fourth-order valence-corrected chi connectivity index (χ4v) is 0.670. The molecule has 2 atom stereocenters. The van der Waals surface area contributed by atoms with Crippen molar-refractivity contribution in [1.29, 1.82) is 0 Å². The second kappa shape index (κ2) is 5.89. The van der Waals surface area contributed by atoms with E-state index in [-0.39, 0.29) is 12.4 Å². The summed E-state index contributed by atoms with van der Waals surface area (Å²) in [6.45, 7) is 4.97. The van der Waals surface area contributed by atoms with Crippen LogP contribution in [0.15, 0.2) is 0 Å². The Morgan fingerprint density at radius 3 is 1.87 bits per heavy atom. The highest BCUT2D eigenvalue weighted by Crippen LogP contribution is 2.08. The standard InChI is InChI=1S/C8H16N2O4.ClH/c1-8(2,3)14-7(13)5(10)4(9)6(11)12;/h4-5H,9-10H2,1-3H3,(H,11,12);1H. The molecule has 0 fully saturated rings. The summed E-state index contributed by atoms with van der Waals surface area (Å²) < 4.78 is 4.86. The van der Waals surface area contributed by atoms with Crippen LogP contribution in [0, 0.1) is 0 Å². The highest BCUT2D eigenvalue weighted by Gasteiger charge is 2.30. The van der Waals surface area contributed by atoms with Gasteiger partial charge in [0.2, 0.25) is 0 Å². The van der Waals surface area contributed by atoms with Crippen LogP contribution in [0.1, 0.15) is 20.8 Å². The van der Waals surface area contributed by atoms with Gasteiger partial charge in [-0.15, -0.1) is 12.4 Å². The zero-order valence-corrected chi connectivity index (χ0v) is 9.71. The second-order valence-corrected chi connectivity index (χ2v) is 3.92. The molecule has 0 heterocycles. The molecule has 0 bridgehead atoms. The minimum Gasteiger partial charge on any atom is -0.480 e. The van der Waals surface area contributed by atoms with E-state index in [4.69, 9.17) is 21.3 Å². The molecule has 0 aliphatic heterocycles. The quantitative estimate of drug-likeness (QED) is 0.572. The SMILES string of the molecule is CC(C)(C)OC(=O)C(N)C(N)C(=O)O.Cl. The van der Waals surface area contributed by atoms with Gasteiger partial charge in [-0.25, -0.2) is 0 Å². The van der Waals surface area contributed by atoms with Crippen LogP contribution < -0.4 is 11.5 Å². The molecular formula is C8H17ClN2O4. The van der Waals surface area contributed by atoms with Crippen molar-refractivity contribution in [2.75, 3.05) is 0 Å². The summed E-state index contributed by atoms with van der Waals surface area (Å²) in [5.41, 5.74) is 9.74. The maximum absolute atomic E-state index is 11.2. The van der Waals surface area contributed by atoms with Crippen molar-refractivity contribution in [2.45, 2.75) is 38.5 Å². The molecule has 0 aromatic rings. The summed E-state index contributed by atoms with van der Waals surface area (Å²) in [6.07, 6.45) is 0. The van der Waals surface area contributed by atoms with Crippen molar-refractivity contribution >= 4 is 24.3 Å². The van der Waals surface area contributed by atoms with Crippen LogP contribution in [-0.4, -0.2) is 34.7 Å². The molecule has 0 spiro atoms. The van der Waals surface area contributed by atoms with Crippen molar-refractivity contribution in [3.63, 3.8) is 0 Å². The topological polar surface area (TPSA) is 116 Å². The van der Waals surface area contributed by atoms with E-state index in [1.54, 1.807) is 20.8 Å². The third kappa shape index (κ3) is 6.27. The first-order valence-corrected chi connectivity index (χ1v) is 4.12. The van der Waals surface area contributed by atoms with E-state index < -0.39 is 29.6 Å². The van der Waals surface area contributed by atoms with E-state index in [2.05, 4.69) is 0 Å². The van der Waals surface area contributed by atoms with Gasteiger partial charge in [-0.05, 0) is 20.8 Å². The maximum Gasteiger partial charge on any atom is 0.325 e. The number of hydrogen-bond donors (Lipinski definition) is 3. The number of halogens is 1. The summed E-state index contributed by atoms with van der Waals surface area (Å²) in [7, 11) is 0. The van der Waals surface area contributed by atoms with Crippen LogP contribution in [-0.2, 0) is 14.3 Å². The molecule has 0 radical (unpaired) electrons. The predicted octanol–water partition coefficient (Wildman–Crippen LogP) is -0.511. The monoisotopic (exact) mass is 240 g/mol. The van der Waals surface area contributed by atoms with Crippen LogP contribution >= 0.6 is 12.4 Å². The summed E-state index contributed by atoms with van der Waals surface area (Å²) in [5.74, 6) is -2.14. The number of aliphatic carboxylic acids is 1. The highest BCUT2D eigenvalue weighted by atomic mass is 35.5. The molecule has 0 aliphatic rings. The Hall–Kier alpha value is -0.850. The maximum atomic E-state index is 11.2. The molecule has 0 aromatic heterocycles. The van der Waals surface area contributed by atoms with Gasteiger partial charge in [-0.1, -0.05) is 0 Å². The lowest BCUT2D eigenvalue weighted by atomic mass is 10.1. The number of rotatable bonds is 3. The lowest BCUT2D eigenvalue weighted by Crippen LogP contribution is -2.53. The average Bonchev–Trinajstić information content (AvgIpc) is 1.98. The van der Waals surface area contributed by atoms with Gasteiger partial charge >= 0.3 is 11.9 Å². The fraction of sp³-hybridized carbons (Fsp3) is 0.750. The largest absolute Gasteiger partial charge is 0.480 e. The Balaban J connectivity index is 0. The Labute approximate surface area is 94.4 Å². The molecule has 7 heteroatoms. The molecule has 0 saturated carbocycles. The molecule has 0 saturated heterocycles. The van der Waals surface area contributed by atoms with Crippen molar-refractivity contribution in [2.24, 2.45) is 11.5 Å². The van der Waals surface area contributed by atoms with Crippen LogP contribution in [0.4, 0.5) is 0 Å². The minimum atomic E-state index is -1.44. The molecule has 5 N–H and O–H groups in total. The van der Waals surface area contributed by atoms with Crippen molar-refractivity contribution in [3.8, 4) is 0 Å². The number of carbonyl (C=O) groups is 2. The molecular weight excluding hydrogens is 224 g/mol. The number of ether oxygens (including phenoxy) is 1. The number of carboxylic acids is 1. The number of hydrogen-bond acceptors (Lipinski definition) is 5. The lowest BCUT2D eigenvalue weighted by molar-refractivity contribution is -0.159. The molecule has 6 nitrogen and oxygen atoms in total. The van der Waals surface area contributed by atoms with Crippen LogP contribution in [0.3, 0.4) is 0 Å². The fourth-order valence-electron chi connectivity index (χ4n) is 0.670. The zero-order valence-electron chi connectivity index (χ0n) is 8.89. The Morgan fingerprint density at radius 1 is 1.20 bits per heavy atom. The summed E-state index contributed by atoms with van der Waals surface area (Å²) >= 11 is 0. The van der Waals surface area contributed by atoms with Gasteiger partial charge in [-0.2, -0.15) is 0 Å². The predicted molar refractivity (Wildman–Crippen MR) is 56.7 cm³/mol. The van der Waals surface area contributed by atoms with Gasteiger partial charge in [0.05, 0.1) is 0 Å². The molecule has 0 aliphatic carbocycles. The molecule has 0 amide bonds. The van der Waals surface area contributed by atoms with Gasteiger partial charge in [-0.3, -0.25) is 9.59 Å². The zero-order chi connectivity index (χ0) is 11.5. The Morgan fingerprint density at radius 2 is 1.60 bits per heavy atom. The van der Waals surface area contributed by atoms with Gasteiger partial charge in [0, 0.05) is 0 Å². The first-order valence-electron chi connectivity index (χ1n) is 4.12. The van der Waals surface area contributed by atoms with E-state index in [0.717, 1.165) is 0 Å². The van der Waals surface area contributed by atoms with Gasteiger partial charge in [0.1, 0.15) is 17.7 Å². The van der Waals surface area contributed by atoms with Crippen molar-refractivity contribution in [1.82, 2.24) is 0 Å². The van der Waals surface area contributed by atoms with Gasteiger partial charge in [0.15, 0.2) is 0 Å². The van der Waals surface area contributed by atoms with E-state index in [1.807, 2.05) is 0 Å². The third-order valence-electron chi connectivity index (χ3n) is 1.35. The molecule has 0 aromatic carbocycles. The van der Waals surface area contributed by atoms with Crippen molar-refractivity contribution in [3.05, 3.63) is 0 Å². The normalized spacial score (nSPS) is 14.7. The average molecular weight is 241 g/mol. The highest BCUT2D eigenvalue weighted by molar-refractivity contribution is 5.86. The molecule has 2 unspecified atom stereocenters. The summed E-state index contributed by atoms with van der Waals surface area (Å²) in [6, 6.07) is -2.78. The summed E-state index contributed by atoms with van der Waals surface area (Å²) in [4.78, 5) is 21.6. The number of nitrogens with two attached hydrogens (primary N) is 2.